The van der Waals surface area contributed by atoms with Gasteiger partial charge in [0.2, 0.25) is 0 Å². The molecule has 1 atom stereocenters. The van der Waals surface area contributed by atoms with E-state index in [2.05, 4.69) is 6.58 Å². The molecule has 0 bridgehead atoms. The van der Waals surface area contributed by atoms with Crippen molar-refractivity contribution in [2.24, 2.45) is 0 Å². The van der Waals surface area contributed by atoms with Gasteiger partial charge in [-0.15, -0.1) is 0 Å². The van der Waals surface area contributed by atoms with Gasteiger partial charge in [0.1, 0.15) is 12.4 Å². The van der Waals surface area contributed by atoms with E-state index in [4.69, 9.17) is 33.5 Å². The van der Waals surface area contributed by atoms with Gasteiger partial charge in [-0.3, -0.25) is 0 Å². The molecule has 0 aliphatic heterocycles. The van der Waals surface area contributed by atoms with Gasteiger partial charge in [-0.25, -0.2) is 4.79 Å². The van der Waals surface area contributed by atoms with Crippen molar-refractivity contribution in [1.29, 1.82) is 0 Å². The third kappa shape index (κ3) is 15.8. The van der Waals surface area contributed by atoms with E-state index in [-0.39, 0.29) is 24.2 Å². The van der Waals surface area contributed by atoms with Gasteiger partial charge in [-0.05, 0) is 32.9 Å². The molecule has 0 fully saturated rings. The first kappa shape index (κ1) is 28.1. The van der Waals surface area contributed by atoms with E-state index in [1.54, 1.807) is 0 Å². The van der Waals surface area contributed by atoms with Crippen molar-refractivity contribution in [3.05, 3.63) is 42.5 Å². The molecular weight excluding hydrogens is 416 g/mol. The lowest BCUT2D eigenvalue weighted by Gasteiger charge is -2.19. The summed E-state index contributed by atoms with van der Waals surface area (Å²) in [5.74, 6) is -0.349. The maximum absolute atomic E-state index is 11.1. The number of hydrogen-bond acceptors (Lipinski definition) is 7. The summed E-state index contributed by atoms with van der Waals surface area (Å²) < 4.78 is 33.4. The van der Waals surface area contributed by atoms with E-state index in [0.717, 1.165) is 0 Å². The van der Waals surface area contributed by atoms with Crippen LogP contribution in [0.3, 0.4) is 0 Å². The molecule has 0 aliphatic carbocycles. The van der Waals surface area contributed by atoms with E-state index in [9.17, 15) is 4.79 Å². The summed E-state index contributed by atoms with van der Waals surface area (Å²) >= 11 is 0. The van der Waals surface area contributed by atoms with E-state index in [1.807, 2.05) is 51.1 Å². The molecule has 1 aromatic carbocycles. The largest absolute Gasteiger partial charge is 0.491 e. The summed E-state index contributed by atoms with van der Waals surface area (Å²) in [6.07, 6.45) is -0.260. The summed E-state index contributed by atoms with van der Waals surface area (Å²) in [6.45, 7) is 13.5. The number of para-hydroxylation sites is 1. The Morgan fingerprint density at radius 2 is 1.44 bits per heavy atom. The van der Waals surface area contributed by atoms with Gasteiger partial charge in [0.15, 0.2) is 0 Å². The summed E-state index contributed by atoms with van der Waals surface area (Å²) in [7, 11) is 0. The molecule has 1 rings (SSSR count). The average molecular weight is 455 g/mol. The molecule has 182 valence electrons. The first-order valence-corrected chi connectivity index (χ1v) is 10.9. The van der Waals surface area contributed by atoms with E-state index >= 15 is 0 Å². The fourth-order valence-corrected chi connectivity index (χ4v) is 2.46. The molecule has 1 aromatic rings. The lowest BCUT2D eigenvalue weighted by Crippen LogP contribution is -2.26. The number of rotatable bonds is 19. The SMILES string of the molecule is C=C(CC(COc1ccccc1)OCCOCCOCCOCCOC(C)(C)C)C(=O)O. The zero-order valence-corrected chi connectivity index (χ0v) is 19.5. The number of hydrogen-bond donors (Lipinski definition) is 1. The Hall–Kier alpha value is -1.97. The Kier molecular flexibility index (Phi) is 14.6. The topological polar surface area (TPSA) is 92.7 Å². The fourth-order valence-electron chi connectivity index (χ4n) is 2.46. The molecule has 8 heteroatoms. The third-order valence-electron chi connectivity index (χ3n) is 4.04. The van der Waals surface area contributed by atoms with Crippen molar-refractivity contribution >= 4 is 5.97 Å². The Bertz CT molecular complexity index is 627. The predicted molar refractivity (Wildman–Crippen MR) is 121 cm³/mol. The molecule has 1 unspecified atom stereocenters. The molecule has 0 saturated heterocycles. The third-order valence-corrected chi connectivity index (χ3v) is 4.04. The van der Waals surface area contributed by atoms with Crippen LogP contribution in [0.2, 0.25) is 0 Å². The highest BCUT2D eigenvalue weighted by Crippen LogP contribution is 2.13. The standard InChI is InChI=1S/C24H38O8/c1-20(23(25)26)18-22(19-31-21-8-6-5-7-9-21)30-16-14-28-12-10-27-11-13-29-15-17-32-24(2,3)4/h5-9,22H,1,10-19H2,2-4H3,(H,25,26). The predicted octanol–water partition coefficient (Wildman–Crippen LogP) is 3.35. The number of benzene rings is 1. The average Bonchev–Trinajstić information content (AvgIpc) is 2.74. The van der Waals surface area contributed by atoms with Crippen LogP contribution in [0.1, 0.15) is 27.2 Å². The number of aliphatic carboxylic acids is 1. The summed E-state index contributed by atoms with van der Waals surface area (Å²) in [4.78, 5) is 11.1. The molecule has 0 radical (unpaired) electrons. The minimum Gasteiger partial charge on any atom is -0.491 e. The normalized spacial score (nSPS) is 12.5. The lowest BCUT2D eigenvalue weighted by atomic mass is 10.1. The number of carbonyl (C=O) groups is 1. The minimum atomic E-state index is -1.04. The monoisotopic (exact) mass is 454 g/mol. The Labute approximate surface area is 191 Å². The highest BCUT2D eigenvalue weighted by Gasteiger charge is 2.16. The molecule has 0 amide bonds. The number of carboxylic acid groups (broad SMARTS) is 1. The lowest BCUT2D eigenvalue weighted by molar-refractivity contribution is -0.133. The smallest absolute Gasteiger partial charge is 0.331 e. The second-order valence-corrected chi connectivity index (χ2v) is 8.03. The summed E-state index contributed by atoms with van der Waals surface area (Å²) in [5, 5.41) is 9.07. The van der Waals surface area contributed by atoms with Crippen LogP contribution in [-0.2, 0) is 28.5 Å². The highest BCUT2D eigenvalue weighted by molar-refractivity contribution is 5.85. The molecule has 0 heterocycles. The second-order valence-electron chi connectivity index (χ2n) is 8.03. The Morgan fingerprint density at radius 3 is 1.97 bits per heavy atom. The molecule has 0 aromatic heterocycles. The van der Waals surface area contributed by atoms with Gasteiger partial charge < -0.3 is 33.5 Å². The number of ether oxygens (including phenoxy) is 6. The van der Waals surface area contributed by atoms with Crippen LogP contribution >= 0.6 is 0 Å². The van der Waals surface area contributed by atoms with Crippen LogP contribution < -0.4 is 4.74 Å². The van der Waals surface area contributed by atoms with Gasteiger partial charge in [-0.1, -0.05) is 24.8 Å². The first-order chi connectivity index (χ1) is 15.3. The molecule has 0 aliphatic rings. The molecule has 8 nitrogen and oxygen atoms in total. The van der Waals surface area contributed by atoms with Crippen molar-refractivity contribution in [1.82, 2.24) is 0 Å². The highest BCUT2D eigenvalue weighted by atomic mass is 16.6. The number of carboxylic acids is 1. The molecule has 32 heavy (non-hydrogen) atoms. The quantitative estimate of drug-likeness (QED) is 0.251. The van der Waals surface area contributed by atoms with Gasteiger partial charge >= 0.3 is 5.97 Å². The fraction of sp³-hybridized carbons (Fsp3) is 0.625. The van der Waals surface area contributed by atoms with Crippen LogP contribution in [0, 0.1) is 0 Å². The van der Waals surface area contributed by atoms with Gasteiger partial charge in [0, 0.05) is 12.0 Å². The maximum atomic E-state index is 11.1. The summed E-state index contributed by atoms with van der Waals surface area (Å²) in [6, 6.07) is 9.29. The molecular formula is C24H38O8. The van der Waals surface area contributed by atoms with E-state index < -0.39 is 12.1 Å². The van der Waals surface area contributed by atoms with Crippen molar-refractivity contribution in [2.75, 3.05) is 59.5 Å². The van der Waals surface area contributed by atoms with Gasteiger partial charge in [0.25, 0.3) is 0 Å². The van der Waals surface area contributed by atoms with E-state index in [1.165, 1.54) is 0 Å². The van der Waals surface area contributed by atoms with Crippen molar-refractivity contribution in [3.63, 3.8) is 0 Å². The first-order valence-electron chi connectivity index (χ1n) is 10.9. The summed E-state index contributed by atoms with van der Waals surface area (Å²) in [5.41, 5.74) is -0.0757. The molecule has 0 spiro atoms. The van der Waals surface area contributed by atoms with E-state index in [0.29, 0.717) is 58.6 Å². The Balaban J connectivity index is 2.08. The van der Waals surface area contributed by atoms with Crippen molar-refractivity contribution < 1.29 is 38.3 Å². The zero-order valence-electron chi connectivity index (χ0n) is 19.5. The maximum Gasteiger partial charge on any atom is 0.331 e. The molecule has 0 saturated carbocycles. The minimum absolute atomic E-state index is 0.0770. The van der Waals surface area contributed by atoms with Crippen LogP contribution in [0.15, 0.2) is 42.5 Å². The van der Waals surface area contributed by atoms with Crippen LogP contribution in [-0.4, -0.2) is 82.2 Å². The van der Waals surface area contributed by atoms with Gasteiger partial charge in [0.05, 0.1) is 64.6 Å². The van der Waals surface area contributed by atoms with Crippen LogP contribution in [0.25, 0.3) is 0 Å². The van der Waals surface area contributed by atoms with Gasteiger partial charge in [-0.2, -0.15) is 0 Å². The van der Waals surface area contributed by atoms with Crippen molar-refractivity contribution in [3.8, 4) is 5.75 Å². The Morgan fingerprint density at radius 1 is 0.906 bits per heavy atom. The van der Waals surface area contributed by atoms with Crippen molar-refractivity contribution in [2.45, 2.75) is 38.9 Å². The second kappa shape index (κ2) is 16.6. The van der Waals surface area contributed by atoms with Crippen LogP contribution in [0.4, 0.5) is 0 Å². The van der Waals surface area contributed by atoms with Crippen LogP contribution in [0.5, 0.6) is 5.75 Å². The molecule has 1 N–H and O–H groups in total. The zero-order chi connectivity index (χ0) is 23.7.